The highest BCUT2D eigenvalue weighted by molar-refractivity contribution is 6.02. The minimum Gasteiger partial charge on any atom is -0.371 e. The smallest absolute Gasteiger partial charge is 0.319 e. The number of urea groups is 1. The molecular weight excluding hydrogens is 376 g/mol. The first-order valence-corrected chi connectivity index (χ1v) is 11.7. The van der Waals surface area contributed by atoms with E-state index in [1.165, 1.54) is 19.3 Å². The van der Waals surface area contributed by atoms with Crippen LogP contribution in [0.15, 0.2) is 18.2 Å². The molecule has 1 aliphatic carbocycles. The van der Waals surface area contributed by atoms with Crippen molar-refractivity contribution in [3.8, 4) is 0 Å². The number of benzene rings is 1. The van der Waals surface area contributed by atoms with Crippen LogP contribution in [0.5, 0.6) is 0 Å². The maximum atomic E-state index is 13.0. The lowest BCUT2D eigenvalue weighted by Gasteiger charge is -2.33. The zero-order valence-corrected chi connectivity index (χ0v) is 18.8. The molecule has 1 saturated carbocycles. The number of hydrogen-bond donors (Lipinski definition) is 3. The van der Waals surface area contributed by atoms with Crippen LogP contribution in [0.25, 0.3) is 0 Å². The van der Waals surface area contributed by atoms with Gasteiger partial charge in [-0.25, -0.2) is 4.79 Å². The molecule has 1 aromatic rings. The Morgan fingerprint density at radius 3 is 2.43 bits per heavy atom. The van der Waals surface area contributed by atoms with E-state index in [0.29, 0.717) is 23.7 Å². The van der Waals surface area contributed by atoms with Gasteiger partial charge in [0.1, 0.15) is 0 Å². The molecule has 30 heavy (non-hydrogen) atoms. The Morgan fingerprint density at radius 2 is 1.77 bits per heavy atom. The number of nitrogens with zero attached hydrogens (tertiary/aromatic N) is 1. The van der Waals surface area contributed by atoms with Crippen molar-refractivity contribution in [3.05, 3.63) is 23.8 Å². The second-order valence-corrected chi connectivity index (χ2v) is 9.44. The average Bonchev–Trinajstić information content (AvgIpc) is 2.73. The molecule has 0 unspecified atom stereocenters. The Morgan fingerprint density at radius 1 is 1.07 bits per heavy atom. The van der Waals surface area contributed by atoms with Crippen LogP contribution in [0.4, 0.5) is 16.2 Å². The lowest BCUT2D eigenvalue weighted by atomic mass is 9.96. The van der Waals surface area contributed by atoms with E-state index in [2.05, 4.69) is 41.6 Å². The number of anilines is 2. The molecular formula is C24H38N4O2. The molecule has 1 aliphatic heterocycles. The third-order valence-corrected chi connectivity index (χ3v) is 6.23. The van der Waals surface area contributed by atoms with Gasteiger partial charge in [-0.2, -0.15) is 0 Å². The van der Waals surface area contributed by atoms with Crippen LogP contribution in [0, 0.1) is 11.8 Å². The zero-order valence-electron chi connectivity index (χ0n) is 18.8. The summed E-state index contributed by atoms with van der Waals surface area (Å²) in [6, 6.07) is 5.78. The number of piperidine rings is 1. The molecule has 0 radical (unpaired) electrons. The standard InChI is InChI=1S/C24H38N4O2/c1-17(2)16-25-23(29)21-15-20(27-24(30)26-19-7-5-4-6-8-19)9-10-22(21)28-13-11-18(3)12-14-28/h9-10,15,17-19H,4-8,11-14,16H2,1-3H3,(H,25,29)(H2,26,27,30). The molecule has 6 nitrogen and oxygen atoms in total. The number of carbonyl (C=O) groups excluding carboxylic acids is 2. The van der Waals surface area contributed by atoms with E-state index >= 15 is 0 Å². The van der Waals surface area contributed by atoms with Crippen molar-refractivity contribution in [2.45, 2.75) is 71.8 Å². The SMILES string of the molecule is CC(C)CNC(=O)c1cc(NC(=O)NC2CCCCC2)ccc1N1CCC(C)CC1. The first kappa shape index (κ1) is 22.4. The molecule has 3 rings (SSSR count). The van der Waals surface area contributed by atoms with Gasteiger partial charge in [0.2, 0.25) is 0 Å². The largest absolute Gasteiger partial charge is 0.371 e. The van der Waals surface area contributed by atoms with Gasteiger partial charge in [0, 0.05) is 37.1 Å². The lowest BCUT2D eigenvalue weighted by Crippen LogP contribution is -2.39. The van der Waals surface area contributed by atoms with Gasteiger partial charge in [-0.1, -0.05) is 40.0 Å². The summed E-state index contributed by atoms with van der Waals surface area (Å²) in [6.45, 7) is 9.00. The van der Waals surface area contributed by atoms with Gasteiger partial charge in [0.05, 0.1) is 5.56 Å². The maximum absolute atomic E-state index is 13.0. The van der Waals surface area contributed by atoms with Crippen LogP contribution >= 0.6 is 0 Å². The molecule has 2 aliphatic rings. The topological polar surface area (TPSA) is 73.5 Å². The highest BCUT2D eigenvalue weighted by Crippen LogP contribution is 2.29. The van der Waals surface area contributed by atoms with Crippen LogP contribution in [-0.4, -0.2) is 37.6 Å². The van der Waals surface area contributed by atoms with Crippen LogP contribution in [-0.2, 0) is 0 Å². The lowest BCUT2D eigenvalue weighted by molar-refractivity contribution is 0.0949. The summed E-state index contributed by atoms with van der Waals surface area (Å²) in [5.74, 6) is 1.04. The molecule has 0 bridgehead atoms. The van der Waals surface area contributed by atoms with Gasteiger partial charge in [0.25, 0.3) is 5.91 Å². The molecule has 166 valence electrons. The minimum atomic E-state index is -0.185. The van der Waals surface area contributed by atoms with E-state index in [1.807, 2.05) is 18.2 Å². The first-order chi connectivity index (χ1) is 14.4. The summed E-state index contributed by atoms with van der Waals surface area (Å²) < 4.78 is 0. The predicted molar refractivity (Wildman–Crippen MR) is 123 cm³/mol. The van der Waals surface area contributed by atoms with E-state index in [1.54, 1.807) is 0 Å². The molecule has 3 amide bonds. The van der Waals surface area contributed by atoms with Gasteiger partial charge < -0.3 is 20.9 Å². The van der Waals surface area contributed by atoms with Crippen molar-refractivity contribution in [1.29, 1.82) is 0 Å². The molecule has 1 saturated heterocycles. The van der Waals surface area contributed by atoms with Crippen molar-refractivity contribution < 1.29 is 9.59 Å². The van der Waals surface area contributed by atoms with Crippen molar-refractivity contribution >= 4 is 23.3 Å². The Balaban J connectivity index is 1.73. The van der Waals surface area contributed by atoms with Crippen molar-refractivity contribution in [1.82, 2.24) is 10.6 Å². The van der Waals surface area contributed by atoms with E-state index in [4.69, 9.17) is 0 Å². The summed E-state index contributed by atoms with van der Waals surface area (Å²) in [7, 11) is 0. The summed E-state index contributed by atoms with van der Waals surface area (Å²) in [5.41, 5.74) is 2.26. The second kappa shape index (κ2) is 10.7. The third kappa shape index (κ3) is 6.38. The maximum Gasteiger partial charge on any atom is 0.319 e. The van der Waals surface area contributed by atoms with Gasteiger partial charge in [-0.15, -0.1) is 0 Å². The fourth-order valence-corrected chi connectivity index (χ4v) is 4.31. The first-order valence-electron chi connectivity index (χ1n) is 11.7. The molecule has 1 aromatic carbocycles. The molecule has 2 fully saturated rings. The van der Waals surface area contributed by atoms with Gasteiger partial charge in [-0.05, 0) is 55.7 Å². The number of nitrogens with one attached hydrogen (secondary N) is 3. The number of carbonyl (C=O) groups is 2. The number of amides is 3. The fraction of sp³-hybridized carbons (Fsp3) is 0.667. The van der Waals surface area contributed by atoms with E-state index < -0.39 is 0 Å². The van der Waals surface area contributed by atoms with Crippen molar-refractivity contribution in [2.24, 2.45) is 11.8 Å². The molecule has 3 N–H and O–H groups in total. The average molecular weight is 415 g/mol. The van der Waals surface area contributed by atoms with Crippen LogP contribution in [0.1, 0.15) is 76.1 Å². The van der Waals surface area contributed by atoms with Crippen LogP contribution in [0.2, 0.25) is 0 Å². The summed E-state index contributed by atoms with van der Waals surface area (Å²) in [4.78, 5) is 27.7. The third-order valence-electron chi connectivity index (χ3n) is 6.23. The predicted octanol–water partition coefficient (Wildman–Crippen LogP) is 4.76. The molecule has 1 heterocycles. The normalized spacial score (nSPS) is 18.3. The highest BCUT2D eigenvalue weighted by Gasteiger charge is 2.22. The number of hydrogen-bond acceptors (Lipinski definition) is 3. The van der Waals surface area contributed by atoms with Crippen molar-refractivity contribution in [3.63, 3.8) is 0 Å². The van der Waals surface area contributed by atoms with E-state index in [9.17, 15) is 9.59 Å². The molecule has 6 heteroatoms. The Hall–Kier alpha value is -2.24. The number of rotatable bonds is 6. The van der Waals surface area contributed by atoms with Crippen LogP contribution < -0.4 is 20.9 Å². The monoisotopic (exact) mass is 414 g/mol. The highest BCUT2D eigenvalue weighted by atomic mass is 16.2. The van der Waals surface area contributed by atoms with Crippen molar-refractivity contribution in [2.75, 3.05) is 29.9 Å². The Bertz CT molecular complexity index is 720. The van der Waals surface area contributed by atoms with Crippen LogP contribution in [0.3, 0.4) is 0 Å². The second-order valence-electron chi connectivity index (χ2n) is 9.44. The van der Waals surface area contributed by atoms with Gasteiger partial charge in [-0.3, -0.25) is 4.79 Å². The van der Waals surface area contributed by atoms with E-state index in [-0.39, 0.29) is 18.0 Å². The molecule has 0 atom stereocenters. The van der Waals surface area contributed by atoms with Gasteiger partial charge >= 0.3 is 6.03 Å². The summed E-state index contributed by atoms with van der Waals surface area (Å²) in [5, 5.41) is 9.05. The van der Waals surface area contributed by atoms with E-state index in [0.717, 1.165) is 50.4 Å². The summed E-state index contributed by atoms with van der Waals surface area (Å²) in [6.07, 6.45) is 7.97. The zero-order chi connectivity index (χ0) is 21.5. The molecule has 0 spiro atoms. The quantitative estimate of drug-likeness (QED) is 0.628. The van der Waals surface area contributed by atoms with Gasteiger partial charge in [0.15, 0.2) is 0 Å². The minimum absolute atomic E-state index is 0.0753. The Kier molecular flexibility index (Phi) is 8.00. The summed E-state index contributed by atoms with van der Waals surface area (Å²) >= 11 is 0. The molecule has 0 aromatic heterocycles. The fourth-order valence-electron chi connectivity index (χ4n) is 4.31. The Labute approximate surface area is 181 Å².